The predicted octanol–water partition coefficient (Wildman–Crippen LogP) is 2.87. The van der Waals surface area contributed by atoms with Gasteiger partial charge in [0, 0.05) is 25.8 Å². The van der Waals surface area contributed by atoms with Crippen LogP contribution in [-0.2, 0) is 0 Å². The average molecular weight is 224 g/mol. The van der Waals surface area contributed by atoms with Crippen LogP contribution in [0.5, 0.6) is 0 Å². The average Bonchev–Trinajstić information content (AvgIpc) is 2.21. The van der Waals surface area contributed by atoms with Gasteiger partial charge in [-0.05, 0) is 43.7 Å². The lowest BCUT2D eigenvalue weighted by atomic mass is 10.0. The number of hydrogen-bond acceptors (Lipinski definition) is 2. The molecule has 0 aliphatic heterocycles. The molecule has 0 saturated carbocycles. The van der Waals surface area contributed by atoms with E-state index in [0.29, 0.717) is 5.56 Å². The zero-order valence-corrected chi connectivity index (χ0v) is 10.8. The lowest BCUT2D eigenvalue weighted by Crippen LogP contribution is -2.21. The van der Waals surface area contributed by atoms with Crippen molar-refractivity contribution in [3.63, 3.8) is 0 Å². The second-order valence-electron chi connectivity index (χ2n) is 4.33. The maximum Gasteiger partial charge on any atom is 0.126 e. The van der Waals surface area contributed by atoms with Gasteiger partial charge in [0.2, 0.25) is 0 Å². The lowest BCUT2D eigenvalue weighted by Gasteiger charge is -2.23. The summed E-state index contributed by atoms with van der Waals surface area (Å²) in [6, 6.07) is 3.70. The molecule has 0 spiro atoms. The monoisotopic (exact) mass is 224 g/mol. The van der Waals surface area contributed by atoms with Crippen molar-refractivity contribution in [2.24, 2.45) is 0 Å². The van der Waals surface area contributed by atoms with Crippen LogP contribution >= 0.6 is 0 Å². The quantitative estimate of drug-likeness (QED) is 0.846. The summed E-state index contributed by atoms with van der Waals surface area (Å²) in [7, 11) is 3.96. The van der Waals surface area contributed by atoms with Gasteiger partial charge in [0.1, 0.15) is 5.82 Å². The van der Waals surface area contributed by atoms with Gasteiger partial charge in [-0.25, -0.2) is 4.39 Å². The third-order valence-electron chi connectivity index (χ3n) is 2.77. The van der Waals surface area contributed by atoms with Crippen LogP contribution in [0, 0.1) is 12.7 Å². The lowest BCUT2D eigenvalue weighted by molar-refractivity contribution is 0.579. The molecule has 1 unspecified atom stereocenters. The molecule has 0 radical (unpaired) electrons. The standard InChI is InChI=1S/C13H21FN2/c1-6-15-10(3)11-8-12(14)9(2)7-13(11)16(4)5/h7-8,10,15H,6H2,1-5H3. The molecule has 1 N–H and O–H groups in total. The number of rotatable bonds is 4. The van der Waals surface area contributed by atoms with Crippen LogP contribution in [0.1, 0.15) is 31.0 Å². The Hall–Kier alpha value is -1.09. The Morgan fingerprint density at radius 2 is 2.00 bits per heavy atom. The molecular formula is C13H21FN2. The van der Waals surface area contributed by atoms with Crippen LogP contribution < -0.4 is 10.2 Å². The maximum absolute atomic E-state index is 13.6. The van der Waals surface area contributed by atoms with Crippen molar-refractivity contribution >= 4 is 5.69 Å². The van der Waals surface area contributed by atoms with Crippen molar-refractivity contribution < 1.29 is 4.39 Å². The summed E-state index contributed by atoms with van der Waals surface area (Å²) in [6.07, 6.45) is 0. The Labute approximate surface area is 97.5 Å². The second kappa shape index (κ2) is 5.30. The molecule has 0 heterocycles. The van der Waals surface area contributed by atoms with Crippen molar-refractivity contribution in [1.82, 2.24) is 5.32 Å². The van der Waals surface area contributed by atoms with Gasteiger partial charge in [0.25, 0.3) is 0 Å². The minimum Gasteiger partial charge on any atom is -0.377 e. The van der Waals surface area contributed by atoms with Gasteiger partial charge >= 0.3 is 0 Å². The molecule has 0 fully saturated rings. The highest BCUT2D eigenvalue weighted by Crippen LogP contribution is 2.27. The van der Waals surface area contributed by atoms with Crippen LogP contribution in [0.4, 0.5) is 10.1 Å². The van der Waals surface area contributed by atoms with Gasteiger partial charge in [0.15, 0.2) is 0 Å². The third kappa shape index (κ3) is 2.73. The van der Waals surface area contributed by atoms with E-state index >= 15 is 0 Å². The molecule has 0 saturated heterocycles. The van der Waals surface area contributed by atoms with Crippen molar-refractivity contribution in [2.45, 2.75) is 26.8 Å². The van der Waals surface area contributed by atoms with E-state index in [1.807, 2.05) is 25.1 Å². The highest BCUT2D eigenvalue weighted by atomic mass is 19.1. The summed E-state index contributed by atoms with van der Waals surface area (Å²) < 4.78 is 13.6. The number of halogens is 1. The zero-order chi connectivity index (χ0) is 12.3. The number of nitrogens with zero attached hydrogens (tertiary/aromatic N) is 1. The fourth-order valence-corrected chi connectivity index (χ4v) is 1.83. The summed E-state index contributed by atoms with van der Waals surface area (Å²) in [6.45, 7) is 6.78. The van der Waals surface area contributed by atoms with Gasteiger partial charge in [-0.3, -0.25) is 0 Å². The topological polar surface area (TPSA) is 15.3 Å². The van der Waals surface area contributed by atoms with E-state index in [1.54, 1.807) is 13.0 Å². The van der Waals surface area contributed by atoms with Gasteiger partial charge in [0.05, 0.1) is 0 Å². The summed E-state index contributed by atoms with van der Waals surface area (Å²) in [5.41, 5.74) is 2.78. The molecule has 0 aromatic heterocycles. The Morgan fingerprint density at radius 3 is 2.50 bits per heavy atom. The van der Waals surface area contributed by atoms with Crippen molar-refractivity contribution in [2.75, 3.05) is 25.5 Å². The summed E-state index contributed by atoms with van der Waals surface area (Å²) >= 11 is 0. The van der Waals surface area contributed by atoms with Crippen LogP contribution in [0.3, 0.4) is 0 Å². The van der Waals surface area contributed by atoms with Crippen LogP contribution in [0.2, 0.25) is 0 Å². The first-order chi connectivity index (χ1) is 7.47. The minimum absolute atomic E-state index is 0.134. The normalized spacial score (nSPS) is 12.6. The van der Waals surface area contributed by atoms with Crippen molar-refractivity contribution in [1.29, 1.82) is 0 Å². The third-order valence-corrected chi connectivity index (χ3v) is 2.77. The van der Waals surface area contributed by atoms with Crippen molar-refractivity contribution in [3.8, 4) is 0 Å². The molecule has 1 aromatic carbocycles. The molecule has 0 aliphatic rings. The first kappa shape index (κ1) is 13.0. The molecule has 2 nitrogen and oxygen atoms in total. The molecule has 16 heavy (non-hydrogen) atoms. The maximum atomic E-state index is 13.6. The first-order valence-electron chi connectivity index (χ1n) is 5.68. The van der Waals surface area contributed by atoms with E-state index in [0.717, 1.165) is 17.8 Å². The Morgan fingerprint density at radius 1 is 1.38 bits per heavy atom. The van der Waals surface area contributed by atoms with Crippen LogP contribution in [0.25, 0.3) is 0 Å². The van der Waals surface area contributed by atoms with E-state index in [9.17, 15) is 4.39 Å². The van der Waals surface area contributed by atoms with Crippen LogP contribution in [-0.4, -0.2) is 20.6 Å². The summed E-state index contributed by atoms with van der Waals surface area (Å²) in [5.74, 6) is -0.134. The molecule has 90 valence electrons. The van der Waals surface area contributed by atoms with E-state index in [1.165, 1.54) is 0 Å². The Kier molecular flexibility index (Phi) is 4.30. The van der Waals surface area contributed by atoms with E-state index in [4.69, 9.17) is 0 Å². The molecule has 0 amide bonds. The predicted molar refractivity (Wildman–Crippen MR) is 67.6 cm³/mol. The summed E-state index contributed by atoms with van der Waals surface area (Å²) in [4.78, 5) is 2.02. The zero-order valence-electron chi connectivity index (χ0n) is 10.8. The SMILES string of the molecule is CCNC(C)c1cc(F)c(C)cc1N(C)C. The Balaban J connectivity index is 3.19. The Bertz CT molecular complexity index is 361. The van der Waals surface area contributed by atoms with Crippen LogP contribution in [0.15, 0.2) is 12.1 Å². The molecule has 0 bridgehead atoms. The van der Waals surface area contributed by atoms with Gasteiger partial charge in [-0.2, -0.15) is 0 Å². The van der Waals surface area contributed by atoms with Crippen molar-refractivity contribution in [3.05, 3.63) is 29.1 Å². The highest BCUT2D eigenvalue weighted by Gasteiger charge is 2.14. The number of hydrogen-bond donors (Lipinski definition) is 1. The molecule has 3 heteroatoms. The number of aryl methyl sites for hydroxylation is 1. The molecule has 0 aliphatic carbocycles. The number of nitrogens with one attached hydrogen (secondary N) is 1. The van der Waals surface area contributed by atoms with E-state index in [-0.39, 0.29) is 11.9 Å². The molecule has 1 rings (SSSR count). The second-order valence-corrected chi connectivity index (χ2v) is 4.33. The molecule has 1 atom stereocenters. The van der Waals surface area contributed by atoms with E-state index < -0.39 is 0 Å². The highest BCUT2D eigenvalue weighted by molar-refractivity contribution is 5.56. The largest absolute Gasteiger partial charge is 0.377 e. The van der Waals surface area contributed by atoms with Gasteiger partial charge in [-0.15, -0.1) is 0 Å². The first-order valence-corrected chi connectivity index (χ1v) is 5.68. The fraction of sp³-hybridized carbons (Fsp3) is 0.538. The number of benzene rings is 1. The molecule has 1 aromatic rings. The van der Waals surface area contributed by atoms with E-state index in [2.05, 4.69) is 19.2 Å². The summed E-state index contributed by atoms with van der Waals surface area (Å²) in [5, 5.41) is 3.31. The number of anilines is 1. The van der Waals surface area contributed by atoms with Gasteiger partial charge in [-0.1, -0.05) is 6.92 Å². The molecular weight excluding hydrogens is 203 g/mol. The smallest absolute Gasteiger partial charge is 0.126 e. The van der Waals surface area contributed by atoms with Gasteiger partial charge < -0.3 is 10.2 Å². The minimum atomic E-state index is -0.134. The fourth-order valence-electron chi connectivity index (χ4n) is 1.83.